The van der Waals surface area contributed by atoms with E-state index in [-0.39, 0.29) is 5.91 Å². The van der Waals surface area contributed by atoms with E-state index in [1.165, 1.54) is 5.56 Å². The Morgan fingerprint density at radius 3 is 2.22 bits per heavy atom. The molecule has 1 N–H and O–H groups in total. The summed E-state index contributed by atoms with van der Waals surface area (Å²) >= 11 is 0. The first-order valence-corrected chi connectivity index (χ1v) is 12.4. The van der Waals surface area contributed by atoms with Gasteiger partial charge >= 0.3 is 0 Å². The molecule has 0 saturated carbocycles. The zero-order valence-electron chi connectivity index (χ0n) is 21.6. The lowest BCUT2D eigenvalue weighted by Gasteiger charge is -2.12. The van der Waals surface area contributed by atoms with E-state index in [1.807, 2.05) is 42.5 Å². The highest BCUT2D eigenvalue weighted by Gasteiger charge is 2.12. The third-order valence-corrected chi connectivity index (χ3v) is 6.63. The molecule has 5 aromatic rings. The number of carbonyl (C=O) groups excluding carboxylic acids is 1. The Bertz CT molecular complexity index is 1590. The summed E-state index contributed by atoms with van der Waals surface area (Å²) in [6, 6.07) is 32.6. The molecule has 3 aromatic carbocycles. The molecule has 2 aromatic heterocycles. The lowest BCUT2D eigenvalue weighted by Crippen LogP contribution is -2.17. The molecule has 0 fully saturated rings. The van der Waals surface area contributed by atoms with Crippen molar-refractivity contribution in [3.8, 4) is 22.6 Å². The number of aryl methyl sites for hydroxylation is 3. The van der Waals surface area contributed by atoms with Crippen LogP contribution in [0.2, 0.25) is 0 Å². The molecule has 5 nitrogen and oxygen atoms in total. The molecule has 5 rings (SSSR count). The van der Waals surface area contributed by atoms with Gasteiger partial charge in [-0.25, -0.2) is 5.43 Å². The first kappa shape index (κ1) is 24.1. The molecule has 0 aliphatic heterocycles. The maximum Gasteiger partial charge on any atom is 0.271 e. The van der Waals surface area contributed by atoms with E-state index in [4.69, 9.17) is 0 Å². The minimum absolute atomic E-state index is 0.247. The number of carbonyl (C=O) groups is 1. The molecule has 2 heterocycles. The zero-order chi connectivity index (χ0) is 25.9. The number of rotatable bonds is 6. The number of amides is 1. The van der Waals surface area contributed by atoms with Gasteiger partial charge in [0.1, 0.15) is 0 Å². The summed E-state index contributed by atoms with van der Waals surface area (Å²) in [5.74, 6) is -0.247. The molecule has 0 bridgehead atoms. The van der Waals surface area contributed by atoms with E-state index < -0.39 is 0 Å². The first-order chi connectivity index (χ1) is 17.9. The van der Waals surface area contributed by atoms with Crippen LogP contribution in [0.25, 0.3) is 22.6 Å². The Kier molecular flexibility index (Phi) is 6.60. The quantitative estimate of drug-likeness (QED) is 0.205. The van der Waals surface area contributed by atoms with Crippen LogP contribution in [0.4, 0.5) is 0 Å². The molecule has 0 saturated heterocycles. The fourth-order valence-corrected chi connectivity index (χ4v) is 4.79. The van der Waals surface area contributed by atoms with Crippen LogP contribution in [-0.4, -0.2) is 21.3 Å². The minimum Gasteiger partial charge on any atom is -0.318 e. The van der Waals surface area contributed by atoms with Crippen molar-refractivity contribution >= 4 is 12.1 Å². The molecule has 1 amide bonds. The van der Waals surface area contributed by atoms with Crippen molar-refractivity contribution < 1.29 is 4.79 Å². The van der Waals surface area contributed by atoms with E-state index in [0.717, 1.165) is 45.3 Å². The highest BCUT2D eigenvalue weighted by Crippen LogP contribution is 2.26. The van der Waals surface area contributed by atoms with Gasteiger partial charge in [-0.1, -0.05) is 42.5 Å². The Morgan fingerprint density at radius 1 is 0.730 bits per heavy atom. The lowest BCUT2D eigenvalue weighted by atomic mass is 10.1. The van der Waals surface area contributed by atoms with Crippen molar-refractivity contribution in [3.63, 3.8) is 0 Å². The van der Waals surface area contributed by atoms with Crippen molar-refractivity contribution in [1.82, 2.24) is 14.6 Å². The molecule has 0 atom stereocenters. The van der Waals surface area contributed by atoms with Gasteiger partial charge in [0.15, 0.2) is 0 Å². The zero-order valence-corrected chi connectivity index (χ0v) is 21.6. The second kappa shape index (κ2) is 10.2. The van der Waals surface area contributed by atoms with Gasteiger partial charge in [-0.2, -0.15) is 5.10 Å². The summed E-state index contributed by atoms with van der Waals surface area (Å²) in [6.45, 7) is 8.30. The molecule has 0 spiro atoms. The van der Waals surface area contributed by atoms with Gasteiger partial charge in [0.05, 0.1) is 11.9 Å². The Morgan fingerprint density at radius 2 is 1.49 bits per heavy atom. The third kappa shape index (κ3) is 4.89. The number of hydrazone groups is 1. The second-order valence-corrected chi connectivity index (χ2v) is 9.31. The summed E-state index contributed by atoms with van der Waals surface area (Å²) in [5, 5.41) is 4.24. The average molecular weight is 487 g/mol. The largest absolute Gasteiger partial charge is 0.318 e. The van der Waals surface area contributed by atoms with Gasteiger partial charge in [-0.05, 0) is 93.4 Å². The molecule has 0 aliphatic rings. The van der Waals surface area contributed by atoms with Crippen LogP contribution in [0.15, 0.2) is 102 Å². The highest BCUT2D eigenvalue weighted by atomic mass is 16.2. The normalized spacial score (nSPS) is 11.2. The maximum absolute atomic E-state index is 12.8. The summed E-state index contributed by atoms with van der Waals surface area (Å²) < 4.78 is 4.39. The molecule has 0 aliphatic carbocycles. The molecule has 0 radical (unpaired) electrons. The summed E-state index contributed by atoms with van der Waals surface area (Å²) in [4.78, 5) is 12.8. The van der Waals surface area contributed by atoms with Gasteiger partial charge in [-0.3, -0.25) is 4.79 Å². The lowest BCUT2D eigenvalue weighted by molar-refractivity contribution is 0.0955. The predicted octanol–water partition coefficient (Wildman–Crippen LogP) is 6.93. The predicted molar refractivity (Wildman–Crippen MR) is 151 cm³/mol. The second-order valence-electron chi connectivity index (χ2n) is 9.31. The fourth-order valence-electron chi connectivity index (χ4n) is 4.79. The van der Waals surface area contributed by atoms with Gasteiger partial charge < -0.3 is 9.13 Å². The molecule has 184 valence electrons. The van der Waals surface area contributed by atoms with E-state index in [2.05, 4.69) is 102 Å². The smallest absolute Gasteiger partial charge is 0.271 e. The van der Waals surface area contributed by atoms with Crippen molar-refractivity contribution in [2.75, 3.05) is 0 Å². The van der Waals surface area contributed by atoms with Gasteiger partial charge in [0, 0.05) is 39.6 Å². The van der Waals surface area contributed by atoms with Crippen LogP contribution in [0.5, 0.6) is 0 Å². The summed E-state index contributed by atoms with van der Waals surface area (Å²) in [6.07, 6.45) is 1.70. The Hall–Kier alpha value is -4.64. The molecular formula is C32H30N4O. The van der Waals surface area contributed by atoms with E-state index in [9.17, 15) is 4.79 Å². The molecule has 5 heteroatoms. The minimum atomic E-state index is -0.247. The van der Waals surface area contributed by atoms with Crippen molar-refractivity contribution in [1.29, 1.82) is 0 Å². The van der Waals surface area contributed by atoms with Crippen LogP contribution >= 0.6 is 0 Å². The van der Waals surface area contributed by atoms with Gasteiger partial charge in [0.25, 0.3) is 5.91 Å². The topological polar surface area (TPSA) is 51.3 Å². The highest BCUT2D eigenvalue weighted by molar-refractivity contribution is 5.95. The van der Waals surface area contributed by atoms with Crippen molar-refractivity contribution in [3.05, 3.63) is 131 Å². The summed E-state index contributed by atoms with van der Waals surface area (Å²) in [7, 11) is 0. The third-order valence-electron chi connectivity index (χ3n) is 6.63. The van der Waals surface area contributed by atoms with Crippen LogP contribution in [0.3, 0.4) is 0 Å². The number of aromatic nitrogens is 2. The number of nitrogens with zero attached hydrogens (tertiary/aromatic N) is 3. The number of nitrogens with one attached hydrogen (secondary N) is 1. The Labute approximate surface area is 217 Å². The van der Waals surface area contributed by atoms with E-state index in [1.54, 1.807) is 6.21 Å². The Balaban J connectivity index is 1.31. The van der Waals surface area contributed by atoms with E-state index in [0.29, 0.717) is 5.56 Å². The maximum atomic E-state index is 12.8. The van der Waals surface area contributed by atoms with E-state index >= 15 is 0 Å². The first-order valence-electron chi connectivity index (χ1n) is 12.4. The average Bonchev–Trinajstić information content (AvgIpc) is 3.43. The van der Waals surface area contributed by atoms with Crippen molar-refractivity contribution in [2.24, 2.45) is 5.10 Å². The monoisotopic (exact) mass is 486 g/mol. The number of benzene rings is 3. The van der Waals surface area contributed by atoms with Crippen LogP contribution in [0.1, 0.15) is 38.6 Å². The number of hydrogen-bond acceptors (Lipinski definition) is 2. The van der Waals surface area contributed by atoms with Gasteiger partial charge in [-0.15, -0.1) is 0 Å². The van der Waals surface area contributed by atoms with Crippen molar-refractivity contribution in [2.45, 2.75) is 27.7 Å². The fraction of sp³-hybridized carbons (Fsp3) is 0.125. The molecule has 0 unspecified atom stereocenters. The molecule has 37 heavy (non-hydrogen) atoms. The summed E-state index contributed by atoms with van der Waals surface area (Å²) in [5.41, 5.74) is 13.1. The van der Waals surface area contributed by atoms with Crippen LogP contribution in [0, 0.1) is 27.7 Å². The molecular weight excluding hydrogens is 456 g/mol. The SMILES string of the molecule is Cc1cccc(-n2c(C)cc(/C=N/NC(=O)c3ccc(-n4c(C)ccc4-c4ccccc4)cc3)c2C)c1. The van der Waals surface area contributed by atoms with Crippen LogP contribution < -0.4 is 5.43 Å². The van der Waals surface area contributed by atoms with Gasteiger partial charge in [0.2, 0.25) is 0 Å². The standard InChI is InChI=1S/C32H30N4O/c1-22-9-8-12-30(19-22)35-24(3)20-28(25(35)4)21-33-34-32(37)27-14-16-29(17-15-27)36-23(2)13-18-31(36)26-10-6-5-7-11-26/h5-21H,1-4H3,(H,34,37)/b33-21+. The number of hydrogen-bond donors (Lipinski definition) is 1. The van der Waals surface area contributed by atoms with Crippen LogP contribution in [-0.2, 0) is 0 Å².